The number of anilines is 1. The summed E-state index contributed by atoms with van der Waals surface area (Å²) in [5, 5.41) is 17.7. The highest BCUT2D eigenvalue weighted by Gasteiger charge is 2.15. The number of aliphatic carboxylic acids is 1. The first-order valence-corrected chi connectivity index (χ1v) is 6.17. The standard InChI is InChI=1S/C9H11NO5S/c1-16(14,15)10-7-4-2-6(3-5-7)8(11)9(12)13/h2-5,8,10-11H,1H3,(H,12,13). The summed E-state index contributed by atoms with van der Waals surface area (Å²) < 4.78 is 24.0. The minimum absolute atomic E-state index is 0.187. The van der Waals surface area contributed by atoms with Gasteiger partial charge in [0, 0.05) is 5.69 Å². The second kappa shape index (κ2) is 4.50. The number of rotatable bonds is 4. The first-order valence-electron chi connectivity index (χ1n) is 4.28. The Balaban J connectivity index is 2.87. The van der Waals surface area contributed by atoms with Crippen molar-refractivity contribution in [3.8, 4) is 0 Å². The number of hydrogen-bond acceptors (Lipinski definition) is 4. The van der Waals surface area contributed by atoms with E-state index in [-0.39, 0.29) is 5.56 Å². The maximum absolute atomic E-state index is 10.9. The molecule has 0 aliphatic rings. The summed E-state index contributed by atoms with van der Waals surface area (Å²) in [5.41, 5.74) is 0.496. The van der Waals surface area contributed by atoms with Crippen molar-refractivity contribution >= 4 is 21.7 Å². The van der Waals surface area contributed by atoms with Crippen molar-refractivity contribution in [1.29, 1.82) is 0 Å². The molecule has 88 valence electrons. The van der Waals surface area contributed by atoms with Gasteiger partial charge in [0.15, 0.2) is 6.10 Å². The molecule has 16 heavy (non-hydrogen) atoms. The van der Waals surface area contributed by atoms with Crippen LogP contribution in [0.5, 0.6) is 0 Å². The van der Waals surface area contributed by atoms with Crippen molar-refractivity contribution in [2.45, 2.75) is 6.10 Å². The molecule has 1 aromatic rings. The Morgan fingerprint density at radius 1 is 1.31 bits per heavy atom. The fraction of sp³-hybridized carbons (Fsp3) is 0.222. The van der Waals surface area contributed by atoms with Crippen LogP contribution in [0.1, 0.15) is 11.7 Å². The summed E-state index contributed by atoms with van der Waals surface area (Å²) in [6.45, 7) is 0. The number of carbonyl (C=O) groups is 1. The third kappa shape index (κ3) is 3.52. The third-order valence-electron chi connectivity index (χ3n) is 1.76. The van der Waals surface area contributed by atoms with Crippen LogP contribution in [0, 0.1) is 0 Å². The fourth-order valence-electron chi connectivity index (χ4n) is 1.09. The highest BCUT2D eigenvalue weighted by molar-refractivity contribution is 7.92. The molecule has 0 heterocycles. The molecule has 1 unspecified atom stereocenters. The van der Waals surface area contributed by atoms with Crippen LogP contribution in [0.3, 0.4) is 0 Å². The van der Waals surface area contributed by atoms with Gasteiger partial charge in [0.2, 0.25) is 10.0 Å². The molecule has 0 radical (unpaired) electrons. The molecule has 0 aromatic heterocycles. The summed E-state index contributed by atoms with van der Waals surface area (Å²) >= 11 is 0. The number of aliphatic hydroxyl groups excluding tert-OH is 1. The van der Waals surface area contributed by atoms with E-state index in [1.54, 1.807) is 0 Å². The number of hydrogen-bond donors (Lipinski definition) is 3. The Kier molecular flexibility index (Phi) is 3.51. The van der Waals surface area contributed by atoms with Crippen molar-refractivity contribution in [3.63, 3.8) is 0 Å². The molecule has 0 amide bonds. The van der Waals surface area contributed by atoms with Crippen LogP contribution in [-0.4, -0.2) is 30.9 Å². The van der Waals surface area contributed by atoms with Gasteiger partial charge in [-0.2, -0.15) is 0 Å². The predicted octanol–water partition coefficient (Wildman–Crippen LogP) is 0.176. The lowest BCUT2D eigenvalue weighted by molar-refractivity contribution is -0.146. The molecule has 1 rings (SSSR count). The van der Waals surface area contributed by atoms with Crippen molar-refractivity contribution < 1.29 is 23.4 Å². The zero-order chi connectivity index (χ0) is 12.3. The topological polar surface area (TPSA) is 104 Å². The minimum Gasteiger partial charge on any atom is -0.479 e. The fourth-order valence-corrected chi connectivity index (χ4v) is 1.65. The van der Waals surface area contributed by atoms with Crippen molar-refractivity contribution in [1.82, 2.24) is 0 Å². The minimum atomic E-state index is -3.36. The van der Waals surface area contributed by atoms with Gasteiger partial charge >= 0.3 is 5.97 Å². The first kappa shape index (κ1) is 12.5. The average Bonchev–Trinajstić information content (AvgIpc) is 2.15. The van der Waals surface area contributed by atoms with Gasteiger partial charge in [-0.05, 0) is 17.7 Å². The maximum Gasteiger partial charge on any atom is 0.337 e. The summed E-state index contributed by atoms with van der Waals surface area (Å²) in [7, 11) is -3.36. The molecule has 0 aliphatic carbocycles. The lowest BCUT2D eigenvalue weighted by atomic mass is 10.1. The zero-order valence-corrected chi connectivity index (χ0v) is 9.23. The van der Waals surface area contributed by atoms with E-state index in [0.29, 0.717) is 5.69 Å². The third-order valence-corrected chi connectivity index (χ3v) is 2.37. The Labute approximate surface area is 92.6 Å². The van der Waals surface area contributed by atoms with E-state index in [9.17, 15) is 18.3 Å². The van der Waals surface area contributed by atoms with E-state index in [1.165, 1.54) is 24.3 Å². The average molecular weight is 245 g/mol. The predicted molar refractivity (Wildman–Crippen MR) is 57.5 cm³/mol. The Morgan fingerprint density at radius 2 is 1.81 bits per heavy atom. The van der Waals surface area contributed by atoms with Crippen LogP contribution in [0.2, 0.25) is 0 Å². The van der Waals surface area contributed by atoms with Crippen LogP contribution in [0.25, 0.3) is 0 Å². The van der Waals surface area contributed by atoms with Gasteiger partial charge in [-0.25, -0.2) is 13.2 Å². The lowest BCUT2D eigenvalue weighted by Gasteiger charge is -2.07. The molecule has 0 bridgehead atoms. The number of aliphatic hydroxyl groups is 1. The van der Waals surface area contributed by atoms with Crippen molar-refractivity contribution in [2.75, 3.05) is 11.0 Å². The Bertz CT molecular complexity index is 479. The van der Waals surface area contributed by atoms with E-state index >= 15 is 0 Å². The maximum atomic E-state index is 10.9. The van der Waals surface area contributed by atoms with E-state index in [2.05, 4.69) is 4.72 Å². The van der Waals surface area contributed by atoms with Gasteiger partial charge in [-0.15, -0.1) is 0 Å². The summed E-state index contributed by atoms with van der Waals surface area (Å²) in [6.07, 6.45) is -0.597. The van der Waals surface area contributed by atoms with E-state index in [4.69, 9.17) is 5.11 Å². The molecule has 1 atom stereocenters. The first-order chi connectivity index (χ1) is 7.29. The molecular formula is C9H11NO5S. The summed E-state index contributed by atoms with van der Waals surface area (Å²) in [4.78, 5) is 10.5. The van der Waals surface area contributed by atoms with E-state index in [1.807, 2.05) is 0 Å². The van der Waals surface area contributed by atoms with Crippen molar-refractivity contribution in [3.05, 3.63) is 29.8 Å². The monoisotopic (exact) mass is 245 g/mol. The normalized spacial score (nSPS) is 13.1. The highest BCUT2D eigenvalue weighted by atomic mass is 32.2. The zero-order valence-electron chi connectivity index (χ0n) is 8.41. The van der Waals surface area contributed by atoms with Gasteiger partial charge < -0.3 is 10.2 Å². The second-order valence-electron chi connectivity index (χ2n) is 3.24. The molecule has 7 heteroatoms. The lowest BCUT2D eigenvalue weighted by Crippen LogP contribution is -2.11. The van der Waals surface area contributed by atoms with Gasteiger partial charge in [-0.3, -0.25) is 4.72 Å². The van der Waals surface area contributed by atoms with Crippen LogP contribution < -0.4 is 4.72 Å². The molecule has 3 N–H and O–H groups in total. The van der Waals surface area contributed by atoms with Crippen LogP contribution in [0.15, 0.2) is 24.3 Å². The van der Waals surface area contributed by atoms with Gasteiger partial charge in [0.05, 0.1) is 6.26 Å². The molecule has 0 fully saturated rings. The number of carboxylic acid groups (broad SMARTS) is 1. The Hall–Kier alpha value is -1.60. The second-order valence-corrected chi connectivity index (χ2v) is 4.99. The van der Waals surface area contributed by atoms with Crippen molar-refractivity contribution in [2.24, 2.45) is 0 Å². The largest absolute Gasteiger partial charge is 0.479 e. The number of sulfonamides is 1. The van der Waals surface area contributed by atoms with E-state index < -0.39 is 22.1 Å². The molecular weight excluding hydrogens is 234 g/mol. The smallest absolute Gasteiger partial charge is 0.337 e. The molecule has 0 aliphatic heterocycles. The van der Waals surface area contributed by atoms with Gasteiger partial charge in [-0.1, -0.05) is 12.1 Å². The van der Waals surface area contributed by atoms with Crippen LogP contribution in [0.4, 0.5) is 5.69 Å². The molecule has 0 spiro atoms. The highest BCUT2D eigenvalue weighted by Crippen LogP contribution is 2.16. The number of nitrogens with one attached hydrogen (secondary N) is 1. The van der Waals surface area contributed by atoms with E-state index in [0.717, 1.165) is 6.26 Å². The number of benzene rings is 1. The molecule has 6 nitrogen and oxygen atoms in total. The number of carboxylic acids is 1. The SMILES string of the molecule is CS(=O)(=O)Nc1ccc(C(O)C(=O)O)cc1. The van der Waals surface area contributed by atoms with Crippen LogP contribution in [-0.2, 0) is 14.8 Å². The summed E-state index contributed by atoms with van der Waals surface area (Å²) in [6, 6.07) is 5.43. The van der Waals surface area contributed by atoms with Gasteiger partial charge in [0.1, 0.15) is 0 Å². The molecule has 0 saturated carbocycles. The van der Waals surface area contributed by atoms with Gasteiger partial charge in [0.25, 0.3) is 0 Å². The molecule has 1 aromatic carbocycles. The molecule has 0 saturated heterocycles. The Morgan fingerprint density at radius 3 is 2.19 bits per heavy atom. The quantitative estimate of drug-likeness (QED) is 0.701. The summed E-state index contributed by atoms with van der Waals surface area (Å²) in [5.74, 6) is -1.36. The van der Waals surface area contributed by atoms with Crippen LogP contribution >= 0.6 is 0 Å².